The molecular formula is C16H17ClF3N3O. The number of hydrogen-bond donors (Lipinski definition) is 0. The van der Waals surface area contributed by atoms with E-state index in [-0.39, 0.29) is 5.95 Å². The fraction of sp³-hybridized carbons (Fsp3) is 0.375. The maximum Gasteiger partial charge on any atom is 0.423 e. The summed E-state index contributed by atoms with van der Waals surface area (Å²) in [7, 11) is 0. The van der Waals surface area contributed by atoms with Gasteiger partial charge >= 0.3 is 6.18 Å². The molecule has 0 amide bonds. The van der Waals surface area contributed by atoms with Gasteiger partial charge in [0.05, 0.1) is 16.8 Å². The first kappa shape index (κ1) is 18.3. The van der Waals surface area contributed by atoms with Crippen LogP contribution in [0.25, 0.3) is 0 Å². The molecule has 0 saturated heterocycles. The number of rotatable bonds is 5. The highest BCUT2D eigenvalue weighted by molar-refractivity contribution is 6.33. The highest BCUT2D eigenvalue weighted by Crippen LogP contribution is 2.37. The average Bonchev–Trinajstić information content (AvgIpc) is 2.48. The van der Waals surface area contributed by atoms with Gasteiger partial charge < -0.3 is 9.64 Å². The predicted molar refractivity (Wildman–Crippen MR) is 86.9 cm³/mol. The Morgan fingerprint density at radius 3 is 2.46 bits per heavy atom. The Bertz CT molecular complexity index is 707. The average molecular weight is 360 g/mol. The van der Waals surface area contributed by atoms with Crippen LogP contribution in [0.15, 0.2) is 30.5 Å². The van der Waals surface area contributed by atoms with E-state index in [0.29, 0.717) is 17.3 Å². The molecular weight excluding hydrogens is 343 g/mol. The fourth-order valence-electron chi connectivity index (χ4n) is 2.09. The largest absolute Gasteiger partial charge is 0.474 e. The van der Waals surface area contributed by atoms with Crippen molar-refractivity contribution >= 4 is 23.2 Å². The number of ether oxygens (including phenoxy) is 1. The van der Waals surface area contributed by atoms with Crippen LogP contribution in [0.1, 0.15) is 26.3 Å². The van der Waals surface area contributed by atoms with Crippen molar-refractivity contribution in [2.75, 3.05) is 11.4 Å². The van der Waals surface area contributed by atoms with E-state index in [0.717, 1.165) is 6.20 Å². The molecule has 2 rings (SSSR count). The lowest BCUT2D eigenvalue weighted by atomic mass is 10.3. The lowest BCUT2D eigenvalue weighted by Crippen LogP contribution is -2.22. The van der Waals surface area contributed by atoms with Crippen molar-refractivity contribution < 1.29 is 17.9 Å². The Labute approximate surface area is 143 Å². The van der Waals surface area contributed by atoms with Crippen LogP contribution >= 0.6 is 11.6 Å². The van der Waals surface area contributed by atoms with Crippen molar-refractivity contribution in [3.63, 3.8) is 0 Å². The van der Waals surface area contributed by atoms with Crippen LogP contribution in [0.5, 0.6) is 5.88 Å². The number of alkyl halides is 3. The molecule has 0 atom stereocenters. The van der Waals surface area contributed by atoms with Crippen LogP contribution in [0.3, 0.4) is 0 Å². The first-order valence-corrected chi connectivity index (χ1v) is 7.74. The zero-order valence-corrected chi connectivity index (χ0v) is 14.2. The summed E-state index contributed by atoms with van der Waals surface area (Å²) in [6.07, 6.45) is -4.31. The van der Waals surface area contributed by atoms with Gasteiger partial charge in [-0.25, -0.2) is 4.98 Å². The molecule has 2 aromatic rings. The van der Waals surface area contributed by atoms with Gasteiger partial charge in [0.1, 0.15) is 5.56 Å². The van der Waals surface area contributed by atoms with E-state index in [2.05, 4.69) is 9.97 Å². The zero-order valence-electron chi connectivity index (χ0n) is 13.4. The van der Waals surface area contributed by atoms with Gasteiger partial charge in [-0.05, 0) is 32.9 Å². The molecule has 0 fully saturated rings. The first-order valence-electron chi connectivity index (χ1n) is 7.37. The number of aromatic nitrogens is 2. The van der Waals surface area contributed by atoms with E-state index in [1.807, 2.05) is 6.92 Å². The van der Waals surface area contributed by atoms with E-state index in [9.17, 15) is 13.2 Å². The summed E-state index contributed by atoms with van der Waals surface area (Å²) in [5.74, 6) is -0.401. The van der Waals surface area contributed by atoms with Crippen LogP contribution in [0, 0.1) is 0 Å². The van der Waals surface area contributed by atoms with Gasteiger partial charge in [-0.15, -0.1) is 0 Å². The van der Waals surface area contributed by atoms with Crippen molar-refractivity contribution in [3.8, 4) is 5.88 Å². The number of hydrogen-bond acceptors (Lipinski definition) is 4. The molecule has 0 unspecified atom stereocenters. The third kappa shape index (κ3) is 4.08. The quantitative estimate of drug-likeness (QED) is 0.745. The van der Waals surface area contributed by atoms with Gasteiger partial charge in [0, 0.05) is 12.7 Å². The summed E-state index contributed by atoms with van der Waals surface area (Å²) < 4.78 is 44.6. The molecule has 0 spiro atoms. The number of benzene rings is 1. The molecule has 0 N–H and O–H groups in total. The maximum atomic E-state index is 13.1. The summed E-state index contributed by atoms with van der Waals surface area (Å²) in [4.78, 5) is 9.46. The molecule has 1 heterocycles. The molecule has 0 saturated carbocycles. The van der Waals surface area contributed by atoms with Crippen LogP contribution in [0.4, 0.5) is 24.8 Å². The SMILES string of the molecule is CCN(c1ncc(C(F)(F)F)c(OC(C)C)n1)c1ccccc1Cl. The third-order valence-electron chi connectivity index (χ3n) is 3.09. The highest BCUT2D eigenvalue weighted by Gasteiger charge is 2.37. The molecule has 24 heavy (non-hydrogen) atoms. The zero-order chi connectivity index (χ0) is 17.9. The Kier molecular flexibility index (Phi) is 5.54. The molecule has 1 aromatic carbocycles. The Morgan fingerprint density at radius 1 is 1.25 bits per heavy atom. The number of nitrogens with zero attached hydrogens (tertiary/aromatic N) is 3. The van der Waals surface area contributed by atoms with Crippen molar-refractivity contribution in [1.29, 1.82) is 0 Å². The summed E-state index contributed by atoms with van der Waals surface area (Å²) in [6, 6.07) is 6.98. The van der Waals surface area contributed by atoms with E-state index in [1.165, 1.54) is 0 Å². The minimum Gasteiger partial charge on any atom is -0.474 e. The lowest BCUT2D eigenvalue weighted by molar-refractivity contribution is -0.139. The minimum atomic E-state index is -4.59. The van der Waals surface area contributed by atoms with E-state index in [1.54, 1.807) is 43.0 Å². The second-order valence-corrected chi connectivity index (χ2v) is 5.66. The Hall–Kier alpha value is -2.02. The van der Waals surface area contributed by atoms with E-state index < -0.39 is 23.7 Å². The molecule has 1 aromatic heterocycles. The summed E-state index contributed by atoms with van der Waals surface area (Å²) >= 11 is 6.17. The summed E-state index contributed by atoms with van der Waals surface area (Å²) in [5.41, 5.74) is -0.396. The molecule has 0 bridgehead atoms. The first-order chi connectivity index (χ1) is 11.2. The van der Waals surface area contributed by atoms with Crippen LogP contribution in [-0.2, 0) is 6.18 Å². The number of anilines is 2. The van der Waals surface area contributed by atoms with Gasteiger partial charge in [-0.1, -0.05) is 23.7 Å². The molecule has 8 heteroatoms. The minimum absolute atomic E-state index is 0.0919. The normalized spacial score (nSPS) is 11.7. The molecule has 0 radical (unpaired) electrons. The third-order valence-corrected chi connectivity index (χ3v) is 3.41. The monoisotopic (exact) mass is 359 g/mol. The second kappa shape index (κ2) is 7.25. The van der Waals surface area contributed by atoms with Gasteiger partial charge in [0.2, 0.25) is 11.8 Å². The number of halogens is 4. The fourth-order valence-corrected chi connectivity index (χ4v) is 2.32. The lowest BCUT2D eigenvalue weighted by Gasteiger charge is -2.23. The molecule has 130 valence electrons. The smallest absolute Gasteiger partial charge is 0.423 e. The van der Waals surface area contributed by atoms with E-state index >= 15 is 0 Å². The summed E-state index contributed by atoms with van der Waals surface area (Å²) in [5, 5.41) is 0.453. The van der Waals surface area contributed by atoms with Gasteiger partial charge in [0.25, 0.3) is 0 Å². The highest BCUT2D eigenvalue weighted by atomic mass is 35.5. The Morgan fingerprint density at radius 2 is 1.92 bits per heavy atom. The maximum absolute atomic E-state index is 13.1. The second-order valence-electron chi connectivity index (χ2n) is 5.25. The van der Waals surface area contributed by atoms with E-state index in [4.69, 9.17) is 16.3 Å². The van der Waals surface area contributed by atoms with Gasteiger partial charge in [-0.3, -0.25) is 0 Å². The van der Waals surface area contributed by atoms with Gasteiger partial charge in [-0.2, -0.15) is 18.2 Å². The molecule has 0 aliphatic carbocycles. The number of para-hydroxylation sites is 1. The van der Waals surface area contributed by atoms with Crippen molar-refractivity contribution in [3.05, 3.63) is 41.0 Å². The topological polar surface area (TPSA) is 38.2 Å². The predicted octanol–water partition coefficient (Wildman–Crippen LogP) is 5.09. The summed E-state index contributed by atoms with van der Waals surface area (Å²) in [6.45, 7) is 5.52. The standard InChI is InChI=1S/C16H17ClF3N3O/c1-4-23(13-8-6-5-7-12(13)17)15-21-9-11(16(18,19)20)14(22-15)24-10(2)3/h5-10H,4H2,1-3H3. The molecule has 0 aliphatic heterocycles. The van der Waals surface area contributed by atoms with Crippen LogP contribution in [0.2, 0.25) is 5.02 Å². The van der Waals surface area contributed by atoms with Crippen molar-refractivity contribution in [1.82, 2.24) is 9.97 Å². The molecule has 0 aliphatic rings. The van der Waals surface area contributed by atoms with Crippen LogP contribution < -0.4 is 9.64 Å². The van der Waals surface area contributed by atoms with Crippen molar-refractivity contribution in [2.45, 2.75) is 33.1 Å². The van der Waals surface area contributed by atoms with Crippen LogP contribution in [-0.4, -0.2) is 22.6 Å². The molecule has 4 nitrogen and oxygen atoms in total. The van der Waals surface area contributed by atoms with Gasteiger partial charge in [0.15, 0.2) is 0 Å². The Balaban J connectivity index is 2.52. The van der Waals surface area contributed by atoms with Crippen molar-refractivity contribution in [2.24, 2.45) is 0 Å².